The Kier molecular flexibility index (Phi) is 7.44. The highest BCUT2D eigenvalue weighted by Gasteiger charge is 2.22. The van der Waals surface area contributed by atoms with Gasteiger partial charge in [-0.05, 0) is 47.7 Å². The number of halogens is 1. The first-order valence-corrected chi connectivity index (χ1v) is 12.9. The Hall–Kier alpha value is -3.99. The van der Waals surface area contributed by atoms with Crippen molar-refractivity contribution in [3.8, 4) is 11.5 Å². The number of carbonyl (C=O) groups excluding carboxylic acids is 1. The zero-order valence-electron chi connectivity index (χ0n) is 19.8. The lowest BCUT2D eigenvalue weighted by Crippen LogP contribution is -2.12. The lowest BCUT2D eigenvalue weighted by atomic mass is 10.0. The predicted octanol–water partition coefficient (Wildman–Crippen LogP) is 6.68. The minimum absolute atomic E-state index is 0.0581. The van der Waals surface area contributed by atoms with Gasteiger partial charge in [0.25, 0.3) is 16.0 Å². The molecule has 0 radical (unpaired) electrons. The van der Waals surface area contributed by atoms with E-state index < -0.39 is 26.7 Å². The van der Waals surface area contributed by atoms with Crippen molar-refractivity contribution < 1.29 is 27.6 Å². The smallest absolute Gasteiger partial charge is 0.296 e. The molecular formula is C26H22ClN3O6S. The second-order valence-electron chi connectivity index (χ2n) is 7.93. The standard InChI is InChI=1S/C26H22ClN3O6S/c1-3-18-21(27)11-12-22(37(33,34)35)23(18)29-30-24-19-10-5-4-7-15(19)13-20(25(24)31)26(32)28-16-8-6-9-17(14-16)36-2/h4-14,31H,3H2,1-2H3,(H,28,32)(H,33,34,35). The third-order valence-electron chi connectivity index (χ3n) is 5.64. The summed E-state index contributed by atoms with van der Waals surface area (Å²) >= 11 is 6.24. The van der Waals surface area contributed by atoms with Gasteiger partial charge >= 0.3 is 0 Å². The number of azo groups is 1. The third-order valence-corrected chi connectivity index (χ3v) is 6.88. The van der Waals surface area contributed by atoms with Crippen LogP contribution in [0.2, 0.25) is 5.02 Å². The largest absolute Gasteiger partial charge is 0.505 e. The van der Waals surface area contributed by atoms with Crippen molar-refractivity contribution in [3.63, 3.8) is 0 Å². The fourth-order valence-corrected chi connectivity index (χ4v) is 4.77. The molecule has 0 aliphatic carbocycles. The number of amides is 1. The number of rotatable bonds is 7. The quantitative estimate of drug-likeness (QED) is 0.177. The number of benzene rings is 4. The lowest BCUT2D eigenvalue weighted by Gasteiger charge is -2.12. The molecule has 4 aromatic rings. The van der Waals surface area contributed by atoms with Crippen LogP contribution in [0.4, 0.5) is 17.1 Å². The number of nitrogens with zero attached hydrogens (tertiary/aromatic N) is 2. The number of methoxy groups -OCH3 is 1. The summed E-state index contributed by atoms with van der Waals surface area (Å²) in [5, 5.41) is 23.3. The highest BCUT2D eigenvalue weighted by molar-refractivity contribution is 7.86. The highest BCUT2D eigenvalue weighted by atomic mass is 35.5. The maximum absolute atomic E-state index is 13.1. The summed E-state index contributed by atoms with van der Waals surface area (Å²) in [6.45, 7) is 1.74. The van der Waals surface area contributed by atoms with Crippen molar-refractivity contribution in [2.45, 2.75) is 18.2 Å². The zero-order valence-corrected chi connectivity index (χ0v) is 21.3. The topological polar surface area (TPSA) is 138 Å². The summed E-state index contributed by atoms with van der Waals surface area (Å²) in [6, 6.07) is 17.6. The van der Waals surface area contributed by atoms with Gasteiger partial charge in [-0.3, -0.25) is 9.35 Å². The molecule has 1 amide bonds. The Labute approximate surface area is 218 Å². The number of phenols is 1. The van der Waals surface area contributed by atoms with Gasteiger partial charge in [0.2, 0.25) is 0 Å². The third kappa shape index (κ3) is 5.41. The molecular weight excluding hydrogens is 518 g/mol. The van der Waals surface area contributed by atoms with Crippen LogP contribution in [0.5, 0.6) is 11.5 Å². The molecule has 0 spiro atoms. The Morgan fingerprint density at radius 1 is 1.03 bits per heavy atom. The monoisotopic (exact) mass is 539 g/mol. The molecule has 0 saturated carbocycles. The Morgan fingerprint density at radius 3 is 2.46 bits per heavy atom. The van der Waals surface area contributed by atoms with Crippen molar-refractivity contribution in [2.75, 3.05) is 12.4 Å². The molecule has 0 atom stereocenters. The molecule has 11 heteroatoms. The van der Waals surface area contributed by atoms with E-state index in [1.165, 1.54) is 19.2 Å². The summed E-state index contributed by atoms with van der Waals surface area (Å²) in [6.07, 6.45) is 0.298. The maximum Gasteiger partial charge on any atom is 0.296 e. The number of phenolic OH excluding ortho intramolecular Hbond substituents is 1. The van der Waals surface area contributed by atoms with E-state index in [1.54, 1.807) is 55.5 Å². The minimum atomic E-state index is -4.65. The maximum atomic E-state index is 13.1. The van der Waals surface area contributed by atoms with Gasteiger partial charge in [-0.1, -0.05) is 48.9 Å². The van der Waals surface area contributed by atoms with Crippen LogP contribution < -0.4 is 10.1 Å². The van der Waals surface area contributed by atoms with Gasteiger partial charge in [-0.25, -0.2) is 0 Å². The molecule has 9 nitrogen and oxygen atoms in total. The van der Waals surface area contributed by atoms with Crippen LogP contribution in [-0.2, 0) is 16.5 Å². The van der Waals surface area contributed by atoms with Crippen molar-refractivity contribution in [2.24, 2.45) is 10.2 Å². The van der Waals surface area contributed by atoms with Gasteiger partial charge in [-0.15, -0.1) is 10.2 Å². The first kappa shape index (κ1) is 26.1. The number of ether oxygens (including phenoxy) is 1. The molecule has 0 fully saturated rings. The van der Waals surface area contributed by atoms with E-state index in [2.05, 4.69) is 15.5 Å². The van der Waals surface area contributed by atoms with Gasteiger partial charge in [0, 0.05) is 22.2 Å². The van der Waals surface area contributed by atoms with E-state index >= 15 is 0 Å². The second-order valence-corrected chi connectivity index (χ2v) is 9.73. The fraction of sp³-hybridized carbons (Fsp3) is 0.115. The molecule has 0 aliphatic heterocycles. The molecule has 0 saturated heterocycles. The molecule has 0 heterocycles. The summed E-state index contributed by atoms with van der Waals surface area (Å²) in [7, 11) is -3.15. The van der Waals surface area contributed by atoms with Gasteiger partial charge in [0.15, 0.2) is 5.75 Å². The first-order chi connectivity index (χ1) is 17.6. The number of hydrogen-bond acceptors (Lipinski definition) is 7. The average molecular weight is 540 g/mol. The van der Waals surface area contributed by atoms with Gasteiger partial charge in [-0.2, -0.15) is 8.42 Å². The average Bonchev–Trinajstić information content (AvgIpc) is 2.87. The van der Waals surface area contributed by atoms with Crippen LogP contribution in [0.15, 0.2) is 81.9 Å². The number of carbonyl (C=O) groups is 1. The molecule has 37 heavy (non-hydrogen) atoms. The van der Waals surface area contributed by atoms with Crippen LogP contribution in [0, 0.1) is 0 Å². The molecule has 0 bridgehead atoms. The fourth-order valence-electron chi connectivity index (χ4n) is 3.84. The minimum Gasteiger partial charge on any atom is -0.505 e. The molecule has 4 aromatic carbocycles. The molecule has 0 unspecified atom stereocenters. The Bertz CT molecular complexity index is 1650. The van der Waals surface area contributed by atoms with Crippen LogP contribution in [-0.4, -0.2) is 31.1 Å². The number of hydrogen-bond donors (Lipinski definition) is 3. The molecule has 0 aliphatic rings. The van der Waals surface area contributed by atoms with E-state index in [1.807, 2.05) is 0 Å². The summed E-state index contributed by atoms with van der Waals surface area (Å²) < 4.78 is 38.9. The zero-order chi connectivity index (χ0) is 26.7. The first-order valence-electron chi connectivity index (χ1n) is 11.0. The number of anilines is 1. The van der Waals surface area contributed by atoms with Crippen molar-refractivity contribution in [3.05, 3.63) is 82.9 Å². The molecule has 0 aromatic heterocycles. The van der Waals surface area contributed by atoms with Crippen LogP contribution in [0.1, 0.15) is 22.8 Å². The predicted molar refractivity (Wildman–Crippen MR) is 141 cm³/mol. The van der Waals surface area contributed by atoms with Crippen molar-refractivity contribution in [1.29, 1.82) is 0 Å². The Balaban J connectivity index is 1.86. The van der Waals surface area contributed by atoms with E-state index in [0.717, 1.165) is 6.07 Å². The van der Waals surface area contributed by atoms with Gasteiger partial charge in [0.1, 0.15) is 22.0 Å². The van der Waals surface area contributed by atoms with Crippen molar-refractivity contribution in [1.82, 2.24) is 0 Å². The second kappa shape index (κ2) is 10.6. The van der Waals surface area contributed by atoms with Crippen LogP contribution >= 0.6 is 11.6 Å². The van der Waals surface area contributed by atoms with Crippen LogP contribution in [0.3, 0.4) is 0 Å². The van der Waals surface area contributed by atoms with Crippen LogP contribution in [0.25, 0.3) is 10.8 Å². The van der Waals surface area contributed by atoms with E-state index in [-0.39, 0.29) is 22.0 Å². The number of aromatic hydroxyl groups is 1. The molecule has 3 N–H and O–H groups in total. The summed E-state index contributed by atoms with van der Waals surface area (Å²) in [5.41, 5.74) is 0.498. The molecule has 190 valence electrons. The number of fused-ring (bicyclic) bond motifs is 1. The Morgan fingerprint density at radius 2 is 1.76 bits per heavy atom. The normalized spacial score (nSPS) is 11.7. The highest BCUT2D eigenvalue weighted by Crippen LogP contribution is 2.41. The van der Waals surface area contributed by atoms with E-state index in [4.69, 9.17) is 16.3 Å². The number of nitrogens with one attached hydrogen (secondary N) is 1. The van der Waals surface area contributed by atoms with Gasteiger partial charge in [0.05, 0.1) is 12.7 Å². The van der Waals surface area contributed by atoms with Crippen molar-refractivity contribution >= 4 is 55.5 Å². The van der Waals surface area contributed by atoms with Gasteiger partial charge < -0.3 is 15.2 Å². The lowest BCUT2D eigenvalue weighted by molar-refractivity contribution is 0.102. The SMILES string of the molecule is CCc1c(Cl)ccc(S(=O)(=O)O)c1N=Nc1c(O)c(C(=O)Nc2cccc(OC)c2)cc2ccccc12. The van der Waals surface area contributed by atoms with E-state index in [9.17, 15) is 22.9 Å². The molecule has 4 rings (SSSR count). The van der Waals surface area contributed by atoms with E-state index in [0.29, 0.717) is 34.2 Å². The summed E-state index contributed by atoms with van der Waals surface area (Å²) in [4.78, 5) is 12.6. The summed E-state index contributed by atoms with van der Waals surface area (Å²) in [5.74, 6) is -0.530.